The largest absolute Gasteiger partial charge is 0.444 e. The van der Waals surface area contributed by atoms with Crippen molar-refractivity contribution in [3.05, 3.63) is 47.3 Å². The minimum atomic E-state index is -0.682. The number of hydrogen-bond acceptors (Lipinski definition) is 6. The van der Waals surface area contributed by atoms with E-state index in [4.69, 9.17) is 4.74 Å². The van der Waals surface area contributed by atoms with Crippen LogP contribution in [0, 0.1) is 34.5 Å². The lowest BCUT2D eigenvalue weighted by atomic mass is 9.93. The Bertz CT molecular complexity index is 1250. The number of hydrogen-bond donors (Lipinski definition) is 2. The third-order valence-corrected chi connectivity index (χ3v) is 6.41. The number of aromatic nitrogens is 1. The molecule has 1 aromatic heterocycles. The fraction of sp³-hybridized carbons (Fsp3) is 0.423. The van der Waals surface area contributed by atoms with E-state index in [1.165, 1.54) is 0 Å². The van der Waals surface area contributed by atoms with Crippen molar-refractivity contribution >= 4 is 17.7 Å². The van der Waals surface area contributed by atoms with Gasteiger partial charge >= 0.3 is 6.09 Å². The molecule has 1 aliphatic heterocycles. The quantitative estimate of drug-likeness (QED) is 0.644. The highest BCUT2D eigenvalue weighted by atomic mass is 16.6. The Labute approximate surface area is 198 Å². The van der Waals surface area contributed by atoms with Crippen LogP contribution in [0.25, 0.3) is 11.1 Å². The monoisotopic (exact) mass is 457 g/mol. The normalized spacial score (nSPS) is 23.4. The molecule has 0 radical (unpaired) electrons. The van der Waals surface area contributed by atoms with Crippen molar-refractivity contribution in [2.45, 2.75) is 58.1 Å². The Morgan fingerprint density at radius 3 is 2.59 bits per heavy atom. The highest BCUT2D eigenvalue weighted by Crippen LogP contribution is 2.55. The summed E-state index contributed by atoms with van der Waals surface area (Å²) < 4.78 is 5.52. The average Bonchev–Trinajstić information content (AvgIpc) is 3.48. The summed E-state index contributed by atoms with van der Waals surface area (Å²) in [6, 6.07) is 10.9. The summed E-state index contributed by atoms with van der Waals surface area (Å²) in [7, 11) is 0. The molecule has 8 nitrogen and oxygen atoms in total. The molecule has 1 aromatic carbocycles. The number of nitrogens with one attached hydrogen (secondary N) is 2. The van der Waals surface area contributed by atoms with Gasteiger partial charge in [-0.1, -0.05) is 6.92 Å². The van der Waals surface area contributed by atoms with Crippen LogP contribution in [0.5, 0.6) is 0 Å². The van der Waals surface area contributed by atoms with Gasteiger partial charge < -0.3 is 15.4 Å². The predicted molar refractivity (Wildman–Crippen MR) is 125 cm³/mol. The molecule has 2 N–H and O–H groups in total. The zero-order valence-electron chi connectivity index (χ0n) is 19.7. The van der Waals surface area contributed by atoms with Crippen LogP contribution in [-0.4, -0.2) is 22.6 Å². The van der Waals surface area contributed by atoms with Gasteiger partial charge in [-0.2, -0.15) is 10.5 Å². The van der Waals surface area contributed by atoms with Crippen LogP contribution in [0.15, 0.2) is 30.5 Å². The van der Waals surface area contributed by atoms with E-state index < -0.39 is 17.2 Å². The minimum absolute atomic E-state index is 0.118. The van der Waals surface area contributed by atoms with Crippen molar-refractivity contribution in [3.8, 4) is 23.3 Å². The molecule has 3 atom stereocenters. The van der Waals surface area contributed by atoms with Gasteiger partial charge in [0.05, 0.1) is 22.4 Å². The summed E-state index contributed by atoms with van der Waals surface area (Å²) in [5.74, 6) is -0.316. The number of carbonyl (C=O) groups excluding carboxylic acids is 2. The number of pyridine rings is 1. The van der Waals surface area contributed by atoms with Gasteiger partial charge in [0.2, 0.25) is 5.91 Å². The third-order valence-electron chi connectivity index (χ3n) is 6.41. The molecule has 2 bridgehead atoms. The van der Waals surface area contributed by atoms with Gasteiger partial charge in [-0.15, -0.1) is 0 Å². The second-order valence-electron chi connectivity index (χ2n) is 10.1. The Morgan fingerprint density at radius 2 is 1.91 bits per heavy atom. The van der Waals surface area contributed by atoms with Crippen LogP contribution in [0.4, 0.5) is 10.5 Å². The summed E-state index contributed by atoms with van der Waals surface area (Å²) in [5.41, 5.74) is 1.61. The summed E-state index contributed by atoms with van der Waals surface area (Å²) >= 11 is 0. The Balaban J connectivity index is 1.84. The van der Waals surface area contributed by atoms with Crippen LogP contribution in [0.3, 0.4) is 0 Å². The fourth-order valence-corrected chi connectivity index (χ4v) is 4.50. The number of nitriles is 2. The summed E-state index contributed by atoms with van der Waals surface area (Å²) in [4.78, 5) is 30.2. The van der Waals surface area contributed by atoms with Crippen LogP contribution in [0.1, 0.15) is 63.8 Å². The first-order chi connectivity index (χ1) is 16.1. The summed E-state index contributed by atoms with van der Waals surface area (Å²) in [6.07, 6.45) is 3.21. The first-order valence-corrected chi connectivity index (χ1v) is 11.3. The Hall–Kier alpha value is -3.91. The van der Waals surface area contributed by atoms with Crippen molar-refractivity contribution in [2.75, 3.05) is 5.32 Å². The molecule has 2 aromatic rings. The second kappa shape index (κ2) is 8.46. The smallest absolute Gasteiger partial charge is 0.408 e. The summed E-state index contributed by atoms with van der Waals surface area (Å²) in [5, 5.41) is 25.0. The molecule has 2 amide bonds. The number of anilines is 1. The molecular formula is C26H27N5O3. The second-order valence-corrected chi connectivity index (χ2v) is 10.1. The lowest BCUT2D eigenvalue weighted by molar-refractivity contribution is -0.119. The maximum atomic E-state index is 12.9. The molecule has 1 fully saturated rings. The van der Waals surface area contributed by atoms with E-state index >= 15 is 0 Å². The number of rotatable bonds is 1. The van der Waals surface area contributed by atoms with Gasteiger partial charge in [0, 0.05) is 23.4 Å². The molecule has 0 saturated heterocycles. The molecule has 2 unspecified atom stereocenters. The van der Waals surface area contributed by atoms with E-state index in [9.17, 15) is 20.1 Å². The van der Waals surface area contributed by atoms with E-state index in [0.29, 0.717) is 29.8 Å². The molecule has 2 heterocycles. The van der Waals surface area contributed by atoms with E-state index in [1.54, 1.807) is 24.4 Å². The van der Waals surface area contributed by atoms with Crippen LogP contribution in [0.2, 0.25) is 0 Å². The first-order valence-electron chi connectivity index (χ1n) is 11.3. The number of amides is 2. The van der Waals surface area contributed by atoms with E-state index in [2.05, 4.69) is 21.7 Å². The topological polar surface area (TPSA) is 128 Å². The third kappa shape index (κ3) is 4.45. The lowest BCUT2D eigenvalue weighted by Gasteiger charge is -2.25. The highest BCUT2D eigenvalue weighted by molar-refractivity contribution is 5.97. The zero-order valence-corrected chi connectivity index (χ0v) is 19.7. The van der Waals surface area contributed by atoms with Gasteiger partial charge in [-0.25, -0.2) is 4.79 Å². The number of alkyl carbamates (subject to hydrolysis) is 1. The van der Waals surface area contributed by atoms with Crippen LogP contribution >= 0.6 is 0 Å². The van der Waals surface area contributed by atoms with Crippen molar-refractivity contribution < 1.29 is 14.3 Å². The van der Waals surface area contributed by atoms with E-state index in [1.807, 2.05) is 39.8 Å². The van der Waals surface area contributed by atoms with Crippen LogP contribution < -0.4 is 10.6 Å². The predicted octanol–water partition coefficient (Wildman–Crippen LogP) is 4.60. The van der Waals surface area contributed by atoms with Crippen molar-refractivity contribution in [1.82, 2.24) is 10.3 Å². The number of nitrogens with zero attached hydrogens (tertiary/aromatic N) is 3. The molecule has 4 rings (SSSR count). The number of ether oxygens (including phenoxy) is 1. The minimum Gasteiger partial charge on any atom is -0.444 e. The van der Waals surface area contributed by atoms with E-state index in [-0.39, 0.29) is 28.9 Å². The summed E-state index contributed by atoms with van der Waals surface area (Å²) in [6.45, 7) is 7.30. The van der Waals surface area contributed by atoms with Gasteiger partial charge in [0.1, 0.15) is 17.7 Å². The molecule has 1 saturated carbocycles. The molecule has 2 aliphatic rings. The first kappa shape index (κ1) is 23.3. The van der Waals surface area contributed by atoms with Crippen molar-refractivity contribution in [2.24, 2.45) is 11.8 Å². The maximum absolute atomic E-state index is 12.9. The SMILES string of the molecule is C[C@@H]1CCC2CC2(NC(=O)OC(C)(C)C)c2cc(ccn2)-c2cc(C#N)c(C#N)cc2NC1=O. The number of fused-ring (bicyclic) bond motifs is 6. The number of benzene rings is 1. The molecule has 1 aliphatic carbocycles. The van der Waals surface area contributed by atoms with Gasteiger partial charge in [0.25, 0.3) is 0 Å². The zero-order chi connectivity index (χ0) is 24.7. The Morgan fingerprint density at radius 1 is 1.21 bits per heavy atom. The van der Waals surface area contributed by atoms with Crippen molar-refractivity contribution in [3.63, 3.8) is 0 Å². The lowest BCUT2D eigenvalue weighted by Crippen LogP contribution is -2.41. The number of carbonyl (C=O) groups is 2. The fourth-order valence-electron chi connectivity index (χ4n) is 4.50. The van der Waals surface area contributed by atoms with Gasteiger partial charge in [0.15, 0.2) is 0 Å². The maximum Gasteiger partial charge on any atom is 0.408 e. The average molecular weight is 458 g/mol. The standard InChI is InChI=1S/C26H27N5O3/c1-15-5-6-19-12-26(19,31-24(33)34-25(2,3)4)22-11-16(7-8-29-22)20-9-17(13-27)18(14-28)10-21(20)30-23(15)32/h7-11,15,19H,5-6,12H2,1-4H3,(H,30,32)(H,31,33)/t15-,19?,26?/m1/s1. The molecular weight excluding hydrogens is 430 g/mol. The van der Waals surface area contributed by atoms with E-state index in [0.717, 1.165) is 12.0 Å². The molecule has 34 heavy (non-hydrogen) atoms. The molecule has 174 valence electrons. The Kier molecular flexibility index (Phi) is 5.79. The van der Waals surface area contributed by atoms with Gasteiger partial charge in [-0.05, 0) is 75.8 Å². The van der Waals surface area contributed by atoms with Crippen molar-refractivity contribution in [1.29, 1.82) is 10.5 Å². The molecule has 0 spiro atoms. The van der Waals surface area contributed by atoms with Crippen LogP contribution in [-0.2, 0) is 15.1 Å². The highest BCUT2D eigenvalue weighted by Gasteiger charge is 2.58. The van der Waals surface area contributed by atoms with Gasteiger partial charge in [-0.3, -0.25) is 9.78 Å². The molecule has 8 heteroatoms.